The van der Waals surface area contributed by atoms with Crippen LogP contribution in [0.2, 0.25) is 5.02 Å². The second-order valence-corrected chi connectivity index (χ2v) is 2.99. The molecule has 1 aliphatic heterocycles. The summed E-state index contributed by atoms with van der Waals surface area (Å²) in [5.74, 6) is 0. The van der Waals surface area contributed by atoms with Crippen LogP contribution in [0, 0.1) is 0 Å². The molecule has 0 saturated heterocycles. The molecule has 0 aliphatic carbocycles. The van der Waals surface area contributed by atoms with E-state index in [0.29, 0.717) is 0 Å². The molecule has 0 amide bonds. The average Bonchev–Trinajstić information content (AvgIpc) is 1.93. The highest BCUT2D eigenvalue weighted by atomic mass is 35.5. The van der Waals surface area contributed by atoms with Crippen LogP contribution in [-0.4, -0.2) is 7.05 Å². The van der Waals surface area contributed by atoms with Crippen molar-refractivity contribution >= 4 is 23.0 Å². The maximum absolute atomic E-state index is 5.97. The monoisotopic (exact) mass is 168 g/mol. The van der Waals surface area contributed by atoms with Crippen LogP contribution in [0.4, 0.5) is 11.4 Å². The Hall–Kier alpha value is -0.890. The molecule has 2 N–H and O–H groups in total. The molecule has 0 fully saturated rings. The summed E-state index contributed by atoms with van der Waals surface area (Å²) in [6, 6.07) is 4.01. The molecule has 58 valence electrons. The highest BCUT2D eigenvalue weighted by molar-refractivity contribution is 6.32. The SMILES string of the molecule is CNc1cc(Cl)c2c(c1)NC2. The van der Waals surface area contributed by atoms with Crippen molar-refractivity contribution in [2.75, 3.05) is 17.7 Å². The number of benzene rings is 1. The van der Waals surface area contributed by atoms with Gasteiger partial charge in [-0.25, -0.2) is 0 Å². The standard InChI is InChI=1S/C8H9ClN2/c1-10-5-2-7(9)6-4-11-8(6)3-5/h2-3,10-11H,4H2,1H3. The van der Waals surface area contributed by atoms with Crippen molar-refractivity contribution < 1.29 is 0 Å². The first kappa shape index (κ1) is 6.80. The van der Waals surface area contributed by atoms with Crippen molar-refractivity contribution in [3.05, 3.63) is 22.7 Å². The van der Waals surface area contributed by atoms with Gasteiger partial charge in [-0.15, -0.1) is 0 Å². The molecular formula is C8H9ClN2. The Morgan fingerprint density at radius 1 is 1.55 bits per heavy atom. The fraction of sp³-hybridized carbons (Fsp3) is 0.250. The minimum atomic E-state index is 0.852. The lowest BCUT2D eigenvalue weighted by Crippen LogP contribution is -2.14. The fourth-order valence-electron chi connectivity index (χ4n) is 1.20. The first-order chi connectivity index (χ1) is 5.31. The number of hydrogen-bond acceptors (Lipinski definition) is 2. The van der Waals surface area contributed by atoms with Gasteiger partial charge in [0.25, 0.3) is 0 Å². The summed E-state index contributed by atoms with van der Waals surface area (Å²) in [6.45, 7) is 0.901. The number of fused-ring (bicyclic) bond motifs is 1. The minimum Gasteiger partial charge on any atom is -0.388 e. The number of hydrogen-bond donors (Lipinski definition) is 2. The summed E-state index contributed by atoms with van der Waals surface area (Å²) < 4.78 is 0. The van der Waals surface area contributed by atoms with E-state index in [-0.39, 0.29) is 0 Å². The van der Waals surface area contributed by atoms with Gasteiger partial charge in [-0.05, 0) is 12.1 Å². The van der Waals surface area contributed by atoms with Gasteiger partial charge in [0, 0.05) is 35.6 Å². The lowest BCUT2D eigenvalue weighted by Gasteiger charge is -2.23. The van der Waals surface area contributed by atoms with E-state index >= 15 is 0 Å². The third-order valence-electron chi connectivity index (χ3n) is 1.94. The Morgan fingerprint density at radius 2 is 2.36 bits per heavy atom. The van der Waals surface area contributed by atoms with Gasteiger partial charge in [0.1, 0.15) is 0 Å². The van der Waals surface area contributed by atoms with Gasteiger partial charge in [0.15, 0.2) is 0 Å². The topological polar surface area (TPSA) is 24.1 Å². The molecule has 0 aromatic heterocycles. The molecule has 11 heavy (non-hydrogen) atoms. The Kier molecular flexibility index (Phi) is 1.43. The summed E-state index contributed by atoms with van der Waals surface area (Å²) in [6.07, 6.45) is 0. The molecular weight excluding hydrogens is 160 g/mol. The van der Waals surface area contributed by atoms with Crippen molar-refractivity contribution in [1.82, 2.24) is 0 Å². The molecule has 0 bridgehead atoms. The summed E-state index contributed by atoms with van der Waals surface area (Å²) in [5.41, 5.74) is 3.44. The van der Waals surface area contributed by atoms with Gasteiger partial charge >= 0.3 is 0 Å². The van der Waals surface area contributed by atoms with E-state index in [2.05, 4.69) is 16.7 Å². The first-order valence-corrected chi connectivity index (χ1v) is 3.93. The maximum atomic E-state index is 5.97. The Balaban J connectivity index is 2.51. The van der Waals surface area contributed by atoms with Crippen molar-refractivity contribution in [2.24, 2.45) is 0 Å². The second-order valence-electron chi connectivity index (χ2n) is 2.59. The zero-order valence-corrected chi connectivity index (χ0v) is 7.00. The predicted molar refractivity (Wildman–Crippen MR) is 48.3 cm³/mol. The van der Waals surface area contributed by atoms with Crippen molar-refractivity contribution in [2.45, 2.75) is 6.54 Å². The van der Waals surface area contributed by atoms with E-state index < -0.39 is 0 Å². The molecule has 3 heteroatoms. The van der Waals surface area contributed by atoms with E-state index in [9.17, 15) is 0 Å². The van der Waals surface area contributed by atoms with Crippen LogP contribution in [-0.2, 0) is 6.54 Å². The highest BCUT2D eigenvalue weighted by Crippen LogP contribution is 2.35. The molecule has 1 aliphatic rings. The molecule has 2 rings (SSSR count). The summed E-state index contributed by atoms with van der Waals surface area (Å²) in [5, 5.41) is 7.08. The van der Waals surface area contributed by atoms with Gasteiger partial charge < -0.3 is 10.6 Å². The second kappa shape index (κ2) is 2.31. The number of halogens is 1. The van der Waals surface area contributed by atoms with Crippen LogP contribution in [0.1, 0.15) is 5.56 Å². The van der Waals surface area contributed by atoms with Gasteiger partial charge in [-0.1, -0.05) is 11.6 Å². The van der Waals surface area contributed by atoms with Crippen LogP contribution in [0.25, 0.3) is 0 Å². The first-order valence-electron chi connectivity index (χ1n) is 3.55. The molecule has 1 aromatic rings. The lowest BCUT2D eigenvalue weighted by molar-refractivity contribution is 1.05. The Morgan fingerprint density at radius 3 is 2.82 bits per heavy atom. The van der Waals surface area contributed by atoms with Crippen molar-refractivity contribution in [3.63, 3.8) is 0 Å². The molecule has 0 saturated carbocycles. The van der Waals surface area contributed by atoms with E-state index in [0.717, 1.165) is 22.9 Å². The minimum absolute atomic E-state index is 0.852. The largest absolute Gasteiger partial charge is 0.388 e. The molecule has 0 unspecified atom stereocenters. The van der Waals surface area contributed by atoms with Gasteiger partial charge in [-0.3, -0.25) is 0 Å². The predicted octanol–water partition coefficient (Wildman–Crippen LogP) is 2.31. The molecule has 1 heterocycles. The zero-order chi connectivity index (χ0) is 7.84. The normalized spacial score (nSPS) is 12.9. The van der Waals surface area contributed by atoms with Crippen LogP contribution >= 0.6 is 11.6 Å². The molecule has 0 spiro atoms. The molecule has 0 radical (unpaired) electrons. The van der Waals surface area contributed by atoms with Crippen LogP contribution in [0.15, 0.2) is 12.1 Å². The maximum Gasteiger partial charge on any atom is 0.0497 e. The fourth-order valence-corrected chi connectivity index (χ4v) is 1.48. The number of rotatable bonds is 1. The smallest absolute Gasteiger partial charge is 0.0497 e. The van der Waals surface area contributed by atoms with E-state index in [1.807, 2.05) is 13.1 Å². The summed E-state index contributed by atoms with van der Waals surface area (Å²) >= 11 is 5.97. The van der Waals surface area contributed by atoms with Gasteiger partial charge in [0.05, 0.1) is 0 Å². The van der Waals surface area contributed by atoms with Gasteiger partial charge in [0.2, 0.25) is 0 Å². The average molecular weight is 169 g/mol. The molecule has 0 atom stereocenters. The van der Waals surface area contributed by atoms with E-state index in [1.54, 1.807) is 0 Å². The number of anilines is 2. The van der Waals surface area contributed by atoms with Crippen LogP contribution in [0.5, 0.6) is 0 Å². The summed E-state index contributed by atoms with van der Waals surface area (Å²) in [4.78, 5) is 0. The summed E-state index contributed by atoms with van der Waals surface area (Å²) in [7, 11) is 1.89. The third-order valence-corrected chi connectivity index (χ3v) is 2.28. The van der Waals surface area contributed by atoms with Gasteiger partial charge in [-0.2, -0.15) is 0 Å². The third kappa shape index (κ3) is 0.942. The van der Waals surface area contributed by atoms with Crippen LogP contribution in [0.3, 0.4) is 0 Å². The van der Waals surface area contributed by atoms with Crippen molar-refractivity contribution in [3.8, 4) is 0 Å². The molecule has 2 nitrogen and oxygen atoms in total. The number of nitrogens with one attached hydrogen (secondary N) is 2. The van der Waals surface area contributed by atoms with Crippen molar-refractivity contribution in [1.29, 1.82) is 0 Å². The zero-order valence-electron chi connectivity index (χ0n) is 6.24. The molecule has 1 aromatic carbocycles. The Labute approximate surface area is 70.6 Å². The quantitative estimate of drug-likeness (QED) is 0.673. The van der Waals surface area contributed by atoms with E-state index in [1.165, 1.54) is 5.56 Å². The highest BCUT2D eigenvalue weighted by Gasteiger charge is 2.15. The Bertz CT molecular complexity index is 279. The lowest BCUT2D eigenvalue weighted by atomic mass is 10.1. The van der Waals surface area contributed by atoms with Crippen LogP contribution < -0.4 is 10.6 Å². The van der Waals surface area contributed by atoms with E-state index in [4.69, 9.17) is 11.6 Å².